The van der Waals surface area contributed by atoms with Crippen LogP contribution >= 0.6 is 0 Å². The lowest BCUT2D eigenvalue weighted by atomic mass is 10.1. The minimum Gasteiger partial charge on any atom is -0.396 e. The standard InChI is InChI=1S/C14H26N4O2/c1-5-11(6-2)18(8-9-20-4)14(19)13-12(15)10-17(7-3)16-13/h10-11H,5-9,15H2,1-4H3. The Labute approximate surface area is 120 Å². The summed E-state index contributed by atoms with van der Waals surface area (Å²) in [4.78, 5) is 14.5. The van der Waals surface area contributed by atoms with Gasteiger partial charge in [0.1, 0.15) is 0 Å². The van der Waals surface area contributed by atoms with E-state index < -0.39 is 0 Å². The van der Waals surface area contributed by atoms with Gasteiger partial charge in [0.25, 0.3) is 5.91 Å². The van der Waals surface area contributed by atoms with Crippen LogP contribution in [-0.2, 0) is 11.3 Å². The molecule has 1 rings (SSSR count). The molecule has 6 nitrogen and oxygen atoms in total. The van der Waals surface area contributed by atoms with Crippen molar-refractivity contribution in [2.24, 2.45) is 0 Å². The summed E-state index contributed by atoms with van der Waals surface area (Å²) >= 11 is 0. The first-order valence-electron chi connectivity index (χ1n) is 7.21. The van der Waals surface area contributed by atoms with Crippen molar-refractivity contribution in [1.82, 2.24) is 14.7 Å². The van der Waals surface area contributed by atoms with E-state index in [0.29, 0.717) is 31.1 Å². The molecule has 0 fully saturated rings. The van der Waals surface area contributed by atoms with Crippen LogP contribution in [0.3, 0.4) is 0 Å². The number of ether oxygens (including phenoxy) is 1. The molecule has 1 aromatic rings. The van der Waals surface area contributed by atoms with Crippen molar-refractivity contribution in [2.45, 2.75) is 46.2 Å². The quantitative estimate of drug-likeness (QED) is 0.788. The number of rotatable bonds is 8. The zero-order valence-corrected chi connectivity index (χ0v) is 12.9. The SMILES string of the molecule is CCC(CC)N(CCOC)C(=O)c1nn(CC)cc1N. The van der Waals surface area contributed by atoms with Crippen LogP contribution in [0.5, 0.6) is 0 Å². The molecule has 20 heavy (non-hydrogen) atoms. The van der Waals surface area contributed by atoms with E-state index in [4.69, 9.17) is 10.5 Å². The van der Waals surface area contributed by atoms with Crippen molar-refractivity contribution in [3.63, 3.8) is 0 Å². The fourth-order valence-corrected chi connectivity index (χ4v) is 2.27. The minimum atomic E-state index is -0.111. The van der Waals surface area contributed by atoms with E-state index in [1.54, 1.807) is 18.0 Å². The molecule has 2 N–H and O–H groups in total. The van der Waals surface area contributed by atoms with Crippen LogP contribution < -0.4 is 5.73 Å². The molecule has 0 atom stereocenters. The molecule has 6 heteroatoms. The predicted molar refractivity (Wildman–Crippen MR) is 79.6 cm³/mol. The van der Waals surface area contributed by atoms with Crippen molar-refractivity contribution in [1.29, 1.82) is 0 Å². The van der Waals surface area contributed by atoms with Gasteiger partial charge in [-0.3, -0.25) is 9.48 Å². The Kier molecular flexibility index (Phi) is 6.51. The lowest BCUT2D eigenvalue weighted by molar-refractivity contribution is 0.0584. The molecule has 0 aromatic carbocycles. The summed E-state index contributed by atoms with van der Waals surface area (Å²) in [6, 6.07) is 0.184. The predicted octanol–water partition coefficient (Wildman–Crippen LogP) is 1.76. The number of methoxy groups -OCH3 is 1. The summed E-state index contributed by atoms with van der Waals surface area (Å²) in [5.74, 6) is -0.111. The molecule has 0 bridgehead atoms. The maximum absolute atomic E-state index is 12.7. The Morgan fingerprint density at radius 1 is 1.45 bits per heavy atom. The Morgan fingerprint density at radius 3 is 2.55 bits per heavy atom. The second kappa shape index (κ2) is 7.89. The molecule has 0 aliphatic heterocycles. The van der Waals surface area contributed by atoms with Gasteiger partial charge in [0, 0.05) is 32.4 Å². The van der Waals surface area contributed by atoms with Gasteiger partial charge in [-0.1, -0.05) is 13.8 Å². The summed E-state index contributed by atoms with van der Waals surface area (Å²) in [6.45, 7) is 7.88. The number of nitrogens with two attached hydrogens (primary N) is 1. The van der Waals surface area contributed by atoms with Crippen LogP contribution in [-0.4, -0.2) is 46.9 Å². The van der Waals surface area contributed by atoms with Gasteiger partial charge >= 0.3 is 0 Å². The topological polar surface area (TPSA) is 73.4 Å². The number of aryl methyl sites for hydroxylation is 1. The molecule has 0 aliphatic carbocycles. The monoisotopic (exact) mass is 282 g/mol. The highest BCUT2D eigenvalue weighted by molar-refractivity contribution is 5.97. The molecule has 0 radical (unpaired) electrons. The Bertz CT molecular complexity index is 427. The number of nitrogens with zero attached hydrogens (tertiary/aromatic N) is 3. The number of carbonyl (C=O) groups excluding carboxylic acids is 1. The fraction of sp³-hybridized carbons (Fsp3) is 0.714. The van der Waals surface area contributed by atoms with Crippen LogP contribution in [0.15, 0.2) is 6.20 Å². The Hall–Kier alpha value is -1.56. The van der Waals surface area contributed by atoms with Crippen LogP contribution in [0.4, 0.5) is 5.69 Å². The largest absolute Gasteiger partial charge is 0.396 e. The number of amides is 1. The molecule has 1 aromatic heterocycles. The number of nitrogen functional groups attached to an aromatic ring is 1. The summed E-state index contributed by atoms with van der Waals surface area (Å²) in [7, 11) is 1.63. The second-order valence-corrected chi connectivity index (χ2v) is 4.75. The average molecular weight is 282 g/mol. The van der Waals surface area contributed by atoms with Crippen molar-refractivity contribution in [3.05, 3.63) is 11.9 Å². The van der Waals surface area contributed by atoms with Gasteiger partial charge in [0.2, 0.25) is 0 Å². The number of hydrogen-bond donors (Lipinski definition) is 1. The highest BCUT2D eigenvalue weighted by Crippen LogP contribution is 2.17. The van der Waals surface area contributed by atoms with Crippen molar-refractivity contribution in [3.8, 4) is 0 Å². The van der Waals surface area contributed by atoms with Gasteiger partial charge in [-0.05, 0) is 19.8 Å². The summed E-state index contributed by atoms with van der Waals surface area (Å²) in [5.41, 5.74) is 6.68. The van der Waals surface area contributed by atoms with Crippen molar-refractivity contribution < 1.29 is 9.53 Å². The maximum atomic E-state index is 12.7. The van der Waals surface area contributed by atoms with E-state index in [1.165, 1.54) is 0 Å². The molecular weight excluding hydrogens is 256 g/mol. The zero-order chi connectivity index (χ0) is 15.1. The van der Waals surface area contributed by atoms with E-state index in [2.05, 4.69) is 18.9 Å². The van der Waals surface area contributed by atoms with Crippen LogP contribution in [0.25, 0.3) is 0 Å². The third kappa shape index (κ3) is 3.72. The molecule has 1 heterocycles. The van der Waals surface area contributed by atoms with E-state index in [0.717, 1.165) is 12.8 Å². The first-order chi connectivity index (χ1) is 9.58. The molecule has 0 unspecified atom stereocenters. The fourth-order valence-electron chi connectivity index (χ4n) is 2.27. The number of hydrogen-bond acceptors (Lipinski definition) is 4. The van der Waals surface area contributed by atoms with Gasteiger partial charge in [0.05, 0.1) is 12.3 Å². The molecule has 0 spiro atoms. The first kappa shape index (κ1) is 16.5. The minimum absolute atomic E-state index is 0.111. The molecule has 114 valence electrons. The maximum Gasteiger partial charge on any atom is 0.276 e. The van der Waals surface area contributed by atoms with Crippen molar-refractivity contribution in [2.75, 3.05) is 26.0 Å². The Morgan fingerprint density at radius 2 is 2.10 bits per heavy atom. The van der Waals surface area contributed by atoms with E-state index in [9.17, 15) is 4.79 Å². The normalized spacial score (nSPS) is 11.1. The molecule has 0 aliphatic rings. The average Bonchev–Trinajstić information content (AvgIpc) is 2.84. The number of aromatic nitrogens is 2. The first-order valence-corrected chi connectivity index (χ1v) is 7.21. The van der Waals surface area contributed by atoms with Gasteiger partial charge in [0.15, 0.2) is 5.69 Å². The van der Waals surface area contributed by atoms with Crippen LogP contribution in [0.2, 0.25) is 0 Å². The highest BCUT2D eigenvalue weighted by atomic mass is 16.5. The van der Waals surface area contributed by atoms with E-state index in [-0.39, 0.29) is 11.9 Å². The molecule has 0 saturated heterocycles. The number of carbonyl (C=O) groups is 1. The second-order valence-electron chi connectivity index (χ2n) is 4.75. The lowest BCUT2D eigenvalue weighted by Gasteiger charge is -2.29. The third-order valence-corrected chi connectivity index (χ3v) is 3.50. The van der Waals surface area contributed by atoms with Crippen LogP contribution in [0, 0.1) is 0 Å². The summed E-state index contributed by atoms with van der Waals surface area (Å²) in [6.07, 6.45) is 3.51. The van der Waals surface area contributed by atoms with Gasteiger partial charge in [-0.25, -0.2) is 0 Å². The zero-order valence-electron chi connectivity index (χ0n) is 12.9. The summed E-state index contributed by atoms with van der Waals surface area (Å²) in [5, 5.41) is 4.27. The van der Waals surface area contributed by atoms with Crippen LogP contribution in [0.1, 0.15) is 44.1 Å². The smallest absolute Gasteiger partial charge is 0.276 e. The van der Waals surface area contributed by atoms with E-state index in [1.807, 2.05) is 11.8 Å². The van der Waals surface area contributed by atoms with Gasteiger partial charge < -0.3 is 15.4 Å². The third-order valence-electron chi connectivity index (χ3n) is 3.50. The van der Waals surface area contributed by atoms with Crippen molar-refractivity contribution >= 4 is 11.6 Å². The van der Waals surface area contributed by atoms with E-state index >= 15 is 0 Å². The highest BCUT2D eigenvalue weighted by Gasteiger charge is 2.25. The lowest BCUT2D eigenvalue weighted by Crippen LogP contribution is -2.42. The Balaban J connectivity index is 2.98. The van der Waals surface area contributed by atoms with Gasteiger partial charge in [-0.2, -0.15) is 5.10 Å². The molecule has 0 saturated carbocycles. The van der Waals surface area contributed by atoms with Gasteiger partial charge in [-0.15, -0.1) is 0 Å². The molecule has 1 amide bonds. The summed E-state index contributed by atoms with van der Waals surface area (Å²) < 4.78 is 6.79. The molecular formula is C14H26N4O2. The number of anilines is 1.